The molecule has 51 heavy (non-hydrogen) atoms. The number of amides is 3. The Labute approximate surface area is 300 Å². The highest BCUT2D eigenvalue weighted by Crippen LogP contribution is 2.38. The lowest BCUT2D eigenvalue weighted by Gasteiger charge is -2.18. The van der Waals surface area contributed by atoms with Crippen molar-refractivity contribution in [2.45, 2.75) is 10.1 Å². The first-order valence-corrected chi connectivity index (χ1v) is 16.6. The third-order valence-corrected chi connectivity index (χ3v) is 8.80. The van der Waals surface area contributed by atoms with Crippen LogP contribution < -0.4 is 34.9 Å². The molecule has 0 saturated carbocycles. The average molecular weight is 704 g/mol. The van der Waals surface area contributed by atoms with Crippen molar-refractivity contribution in [1.29, 1.82) is 0 Å². The van der Waals surface area contributed by atoms with E-state index in [2.05, 4.69) is 16.0 Å². The Morgan fingerprint density at radius 1 is 0.627 bits per heavy atom. The second-order valence-electron chi connectivity index (χ2n) is 11.0. The molecule has 0 aliphatic carbocycles. The number of thioether (sulfide) groups is 1. The molecule has 0 bridgehead atoms. The number of carbonyl (C=O) groups excluding carboxylic acids is 3. The zero-order valence-electron chi connectivity index (χ0n) is 28.5. The van der Waals surface area contributed by atoms with E-state index in [0.29, 0.717) is 45.5 Å². The summed E-state index contributed by atoms with van der Waals surface area (Å²) in [6.07, 6.45) is 1.56. The van der Waals surface area contributed by atoms with Crippen LogP contribution in [-0.2, 0) is 9.59 Å². The number of hydrogen-bond donors (Lipinski definition) is 3. The Kier molecular flexibility index (Phi) is 12.4. The van der Waals surface area contributed by atoms with Gasteiger partial charge in [-0.2, -0.15) is 0 Å². The average Bonchev–Trinajstić information content (AvgIpc) is 3.17. The molecule has 0 fully saturated rings. The maximum absolute atomic E-state index is 13.8. The zero-order valence-corrected chi connectivity index (χ0v) is 29.3. The van der Waals surface area contributed by atoms with Crippen LogP contribution in [0.4, 0.5) is 11.4 Å². The standard InChI is InChI=1S/C40H37N3O7S/c1-47-31-22-30(23-32(25-31)48-2)42-40(46)37(27-12-7-5-8-13-27)51-33-17-11-16-29(24-33)41-39(45)34(43-38(44)28-14-9-6-10-15-28)20-26-18-19-35(49-3)36(21-26)50-4/h5-25,37H,1-4H3,(H,41,45)(H,42,46)(H,43,44)/b34-20+. The van der Waals surface area contributed by atoms with Crippen LogP contribution in [0.25, 0.3) is 6.08 Å². The molecule has 0 aromatic heterocycles. The smallest absolute Gasteiger partial charge is 0.272 e. The van der Waals surface area contributed by atoms with Crippen LogP contribution in [0.2, 0.25) is 0 Å². The largest absolute Gasteiger partial charge is 0.497 e. The molecular formula is C40H37N3O7S. The molecule has 5 rings (SSSR count). The number of nitrogens with one attached hydrogen (secondary N) is 3. The molecule has 0 aliphatic heterocycles. The Balaban J connectivity index is 1.40. The summed E-state index contributed by atoms with van der Waals surface area (Å²) >= 11 is 1.32. The number of rotatable bonds is 14. The highest BCUT2D eigenvalue weighted by molar-refractivity contribution is 8.00. The molecule has 1 unspecified atom stereocenters. The van der Waals surface area contributed by atoms with Gasteiger partial charge in [0.05, 0.1) is 28.4 Å². The summed E-state index contributed by atoms with van der Waals surface area (Å²) in [4.78, 5) is 41.5. The summed E-state index contributed by atoms with van der Waals surface area (Å²) in [6, 6.07) is 35.5. The third-order valence-electron chi connectivity index (χ3n) is 7.55. The summed E-state index contributed by atoms with van der Waals surface area (Å²) in [5, 5.41) is 7.99. The van der Waals surface area contributed by atoms with Gasteiger partial charge in [-0.3, -0.25) is 14.4 Å². The zero-order chi connectivity index (χ0) is 36.2. The highest BCUT2D eigenvalue weighted by atomic mass is 32.2. The molecule has 0 heterocycles. The summed E-state index contributed by atoms with van der Waals surface area (Å²) in [6.45, 7) is 0. The third kappa shape index (κ3) is 9.71. The van der Waals surface area contributed by atoms with Gasteiger partial charge < -0.3 is 34.9 Å². The summed E-state index contributed by atoms with van der Waals surface area (Å²) in [7, 11) is 6.14. The molecule has 0 aliphatic rings. The lowest BCUT2D eigenvalue weighted by atomic mass is 10.1. The molecule has 5 aromatic carbocycles. The number of carbonyl (C=O) groups is 3. The number of hydrogen-bond acceptors (Lipinski definition) is 8. The molecule has 260 valence electrons. The van der Waals surface area contributed by atoms with Crippen molar-refractivity contribution in [2.75, 3.05) is 39.1 Å². The van der Waals surface area contributed by atoms with E-state index in [0.717, 1.165) is 10.5 Å². The van der Waals surface area contributed by atoms with Crippen molar-refractivity contribution in [1.82, 2.24) is 5.32 Å². The number of benzene rings is 5. The molecule has 3 amide bonds. The van der Waals surface area contributed by atoms with Gasteiger partial charge in [0.1, 0.15) is 22.4 Å². The first-order chi connectivity index (χ1) is 24.8. The maximum Gasteiger partial charge on any atom is 0.272 e. The summed E-state index contributed by atoms with van der Waals surface area (Å²) in [5.41, 5.74) is 2.75. The van der Waals surface area contributed by atoms with Crippen molar-refractivity contribution in [3.8, 4) is 23.0 Å². The van der Waals surface area contributed by atoms with Gasteiger partial charge in [-0.25, -0.2) is 0 Å². The van der Waals surface area contributed by atoms with Gasteiger partial charge in [-0.15, -0.1) is 11.8 Å². The van der Waals surface area contributed by atoms with E-state index in [1.165, 1.54) is 26.0 Å². The number of ether oxygens (including phenoxy) is 4. The fourth-order valence-corrected chi connectivity index (χ4v) is 6.11. The Bertz CT molecular complexity index is 2000. The summed E-state index contributed by atoms with van der Waals surface area (Å²) < 4.78 is 21.5. The second kappa shape index (κ2) is 17.5. The van der Waals surface area contributed by atoms with Gasteiger partial charge in [0.25, 0.3) is 11.8 Å². The lowest BCUT2D eigenvalue weighted by Crippen LogP contribution is -2.30. The quantitative estimate of drug-likeness (QED) is 0.0798. The molecule has 0 spiro atoms. The van der Waals surface area contributed by atoms with Gasteiger partial charge in [0, 0.05) is 40.0 Å². The minimum atomic E-state index is -0.653. The van der Waals surface area contributed by atoms with Gasteiger partial charge in [0.2, 0.25) is 5.91 Å². The van der Waals surface area contributed by atoms with Gasteiger partial charge in [-0.05, 0) is 59.7 Å². The fourth-order valence-electron chi connectivity index (χ4n) is 5.02. The predicted molar refractivity (Wildman–Crippen MR) is 200 cm³/mol. The number of anilines is 2. The van der Waals surface area contributed by atoms with Crippen LogP contribution in [-0.4, -0.2) is 46.2 Å². The molecule has 1 atom stereocenters. The van der Waals surface area contributed by atoms with E-state index in [4.69, 9.17) is 18.9 Å². The SMILES string of the molecule is COc1cc(NC(=O)C(Sc2cccc(NC(=O)/C(=C\c3ccc(OC)c(OC)c3)NC(=O)c3ccccc3)c2)c2ccccc2)cc(OC)c1. The normalized spacial score (nSPS) is 11.5. The van der Waals surface area contributed by atoms with E-state index in [-0.39, 0.29) is 11.6 Å². The first kappa shape index (κ1) is 36.1. The van der Waals surface area contributed by atoms with Gasteiger partial charge >= 0.3 is 0 Å². The van der Waals surface area contributed by atoms with E-state index >= 15 is 0 Å². The summed E-state index contributed by atoms with van der Waals surface area (Å²) in [5.74, 6) is 0.794. The van der Waals surface area contributed by atoms with Gasteiger partial charge in [0.15, 0.2) is 11.5 Å². The van der Waals surface area contributed by atoms with Crippen molar-refractivity contribution in [2.24, 2.45) is 0 Å². The molecule has 3 N–H and O–H groups in total. The van der Waals surface area contributed by atoms with Gasteiger partial charge in [-0.1, -0.05) is 60.7 Å². The monoisotopic (exact) mass is 703 g/mol. The van der Waals surface area contributed by atoms with Crippen molar-refractivity contribution >= 4 is 46.9 Å². The van der Waals surface area contributed by atoms with Crippen LogP contribution in [0.1, 0.15) is 26.7 Å². The minimum Gasteiger partial charge on any atom is -0.497 e. The molecular weight excluding hydrogens is 667 g/mol. The molecule has 11 heteroatoms. The lowest BCUT2D eigenvalue weighted by molar-refractivity contribution is -0.116. The molecule has 10 nitrogen and oxygen atoms in total. The van der Waals surface area contributed by atoms with E-state index in [9.17, 15) is 14.4 Å². The van der Waals surface area contributed by atoms with E-state index in [1.807, 2.05) is 36.4 Å². The maximum atomic E-state index is 13.8. The van der Waals surface area contributed by atoms with Crippen molar-refractivity contribution in [3.05, 3.63) is 144 Å². The van der Waals surface area contributed by atoms with Crippen molar-refractivity contribution < 1.29 is 33.3 Å². The van der Waals surface area contributed by atoms with E-state index in [1.54, 1.807) is 105 Å². The molecule has 0 saturated heterocycles. The topological polar surface area (TPSA) is 124 Å². The van der Waals surface area contributed by atoms with Crippen LogP contribution in [0.15, 0.2) is 132 Å². The Morgan fingerprint density at radius 3 is 1.94 bits per heavy atom. The Morgan fingerprint density at radius 2 is 1.29 bits per heavy atom. The minimum absolute atomic E-state index is 0.00406. The fraction of sp³-hybridized carbons (Fsp3) is 0.125. The van der Waals surface area contributed by atoms with Crippen molar-refractivity contribution in [3.63, 3.8) is 0 Å². The predicted octanol–water partition coefficient (Wildman–Crippen LogP) is 7.60. The second-order valence-corrected chi connectivity index (χ2v) is 12.2. The Hall–Kier alpha value is -6.20. The van der Waals surface area contributed by atoms with Crippen LogP contribution in [0.5, 0.6) is 23.0 Å². The van der Waals surface area contributed by atoms with Crippen LogP contribution >= 0.6 is 11.8 Å². The highest BCUT2D eigenvalue weighted by Gasteiger charge is 2.23. The molecule has 5 aromatic rings. The van der Waals surface area contributed by atoms with Crippen LogP contribution in [0, 0.1) is 0 Å². The number of methoxy groups -OCH3 is 4. The van der Waals surface area contributed by atoms with Crippen LogP contribution in [0.3, 0.4) is 0 Å². The first-order valence-electron chi connectivity index (χ1n) is 15.8. The molecule has 0 radical (unpaired) electrons. The van der Waals surface area contributed by atoms with E-state index < -0.39 is 17.1 Å².